The van der Waals surface area contributed by atoms with Crippen molar-refractivity contribution < 1.29 is 4.43 Å². The van der Waals surface area contributed by atoms with E-state index in [9.17, 15) is 0 Å². The molecule has 0 atom stereocenters. The van der Waals surface area contributed by atoms with Gasteiger partial charge in [-0.2, -0.15) is 0 Å². The van der Waals surface area contributed by atoms with Gasteiger partial charge in [-0.05, 0) is 59.4 Å². The Morgan fingerprint density at radius 2 is 1.92 bits per heavy atom. The van der Waals surface area contributed by atoms with Crippen LogP contribution in [0.3, 0.4) is 0 Å². The minimum Gasteiger partial charge on any atom is -0.413 e. The molecule has 1 aromatic heterocycles. The third kappa shape index (κ3) is 5.52. The van der Waals surface area contributed by atoms with Gasteiger partial charge in [0.25, 0.3) is 0 Å². The molecule has 0 aliphatic heterocycles. The van der Waals surface area contributed by atoms with E-state index in [2.05, 4.69) is 74.3 Å². The number of hydrogen-bond donors (Lipinski definition) is 1. The van der Waals surface area contributed by atoms with E-state index in [1.807, 2.05) is 6.07 Å². The minimum atomic E-state index is -1.74. The van der Waals surface area contributed by atoms with E-state index in [0.29, 0.717) is 13.2 Å². The Bertz CT molecular complexity index is 729. The molecule has 0 radical (unpaired) electrons. The lowest BCUT2D eigenvalue weighted by molar-refractivity contribution is 0.276. The summed E-state index contributed by atoms with van der Waals surface area (Å²) in [5.41, 5.74) is 3.67. The highest BCUT2D eigenvalue weighted by molar-refractivity contribution is 6.74. The first-order valence-electron chi connectivity index (χ1n) is 8.53. The average Bonchev–Trinajstić information content (AvgIpc) is 2.52. The molecule has 0 bridgehead atoms. The zero-order valence-corrected chi connectivity index (χ0v) is 17.7. The molecule has 2 rings (SSSR count). The molecule has 0 saturated heterocycles. The number of aromatic nitrogens is 2. The van der Waals surface area contributed by atoms with Crippen LogP contribution in [0.1, 0.15) is 37.5 Å². The molecule has 0 unspecified atom stereocenters. The van der Waals surface area contributed by atoms with Gasteiger partial charge in [-0.15, -0.1) is 0 Å². The molecule has 25 heavy (non-hydrogen) atoms. The molecule has 0 spiro atoms. The maximum Gasteiger partial charge on any atom is 0.224 e. The van der Waals surface area contributed by atoms with E-state index in [0.717, 1.165) is 5.82 Å². The van der Waals surface area contributed by atoms with Crippen LogP contribution in [0.15, 0.2) is 30.5 Å². The van der Waals surface area contributed by atoms with E-state index in [4.69, 9.17) is 16.0 Å². The summed E-state index contributed by atoms with van der Waals surface area (Å²) in [5, 5.41) is 3.76. The van der Waals surface area contributed by atoms with Gasteiger partial charge in [0.2, 0.25) is 5.28 Å². The van der Waals surface area contributed by atoms with Gasteiger partial charge < -0.3 is 9.74 Å². The lowest BCUT2D eigenvalue weighted by Gasteiger charge is -2.36. The predicted molar refractivity (Wildman–Crippen MR) is 108 cm³/mol. The van der Waals surface area contributed by atoms with Gasteiger partial charge in [0, 0.05) is 12.7 Å². The standard InChI is InChI=1S/C19H28ClN3OSi/c1-14-7-8-15(13-24-25(5,6)19(2,3)4)11-16(14)12-22-17-9-10-21-18(20)23-17/h7-11H,12-13H2,1-6H3,(H,21,22,23). The van der Waals surface area contributed by atoms with Crippen molar-refractivity contribution in [2.24, 2.45) is 0 Å². The lowest BCUT2D eigenvalue weighted by atomic mass is 10.1. The summed E-state index contributed by atoms with van der Waals surface area (Å²) in [6.07, 6.45) is 1.65. The molecule has 1 N–H and O–H groups in total. The molecule has 1 heterocycles. The molecule has 4 nitrogen and oxygen atoms in total. The first-order chi connectivity index (χ1) is 11.6. The number of nitrogens with zero attached hydrogens (tertiary/aromatic N) is 2. The van der Waals surface area contributed by atoms with Gasteiger partial charge in [0.1, 0.15) is 5.82 Å². The van der Waals surface area contributed by atoms with Crippen LogP contribution in [0.4, 0.5) is 5.82 Å². The molecular formula is C19H28ClN3OSi. The first-order valence-corrected chi connectivity index (χ1v) is 11.8. The third-order valence-electron chi connectivity index (χ3n) is 4.91. The molecular weight excluding hydrogens is 350 g/mol. The fourth-order valence-electron chi connectivity index (χ4n) is 2.10. The van der Waals surface area contributed by atoms with Crippen LogP contribution in [0.25, 0.3) is 0 Å². The Kier molecular flexibility index (Phi) is 6.24. The average molecular weight is 378 g/mol. The zero-order valence-electron chi connectivity index (χ0n) is 16.0. The SMILES string of the molecule is Cc1ccc(CO[Si](C)(C)C(C)(C)C)cc1CNc1ccnc(Cl)n1. The van der Waals surface area contributed by atoms with Crippen LogP contribution < -0.4 is 5.32 Å². The van der Waals surface area contributed by atoms with Gasteiger partial charge >= 0.3 is 0 Å². The Morgan fingerprint density at radius 1 is 1.20 bits per heavy atom. The molecule has 6 heteroatoms. The maximum atomic E-state index is 6.33. The summed E-state index contributed by atoms with van der Waals surface area (Å²) in [6.45, 7) is 14.8. The largest absolute Gasteiger partial charge is 0.413 e. The van der Waals surface area contributed by atoms with Crippen molar-refractivity contribution in [2.45, 2.75) is 59.0 Å². The number of aryl methyl sites for hydroxylation is 1. The summed E-state index contributed by atoms with van der Waals surface area (Å²) >= 11 is 5.83. The first kappa shape index (κ1) is 19.9. The topological polar surface area (TPSA) is 47.0 Å². The lowest BCUT2D eigenvalue weighted by Crippen LogP contribution is -2.40. The van der Waals surface area contributed by atoms with Crippen molar-refractivity contribution in [1.29, 1.82) is 0 Å². The van der Waals surface area contributed by atoms with Crippen molar-refractivity contribution >= 4 is 25.7 Å². The normalized spacial score (nSPS) is 12.3. The Balaban J connectivity index is 2.04. The third-order valence-corrected chi connectivity index (χ3v) is 9.57. The van der Waals surface area contributed by atoms with Crippen molar-refractivity contribution in [2.75, 3.05) is 5.32 Å². The summed E-state index contributed by atoms with van der Waals surface area (Å²) in [4.78, 5) is 8.06. The fraction of sp³-hybridized carbons (Fsp3) is 0.474. The van der Waals surface area contributed by atoms with Crippen LogP contribution in [0.5, 0.6) is 0 Å². The number of anilines is 1. The minimum absolute atomic E-state index is 0.217. The number of benzene rings is 1. The van der Waals surface area contributed by atoms with Crippen LogP contribution in [0, 0.1) is 6.92 Å². The highest BCUT2D eigenvalue weighted by Crippen LogP contribution is 2.37. The summed E-state index contributed by atoms with van der Waals surface area (Å²) in [6, 6.07) is 8.31. The van der Waals surface area contributed by atoms with Crippen LogP contribution in [0.2, 0.25) is 23.4 Å². The van der Waals surface area contributed by atoms with Crippen LogP contribution >= 0.6 is 11.6 Å². The van der Waals surface area contributed by atoms with Gasteiger partial charge in [0.05, 0.1) is 6.61 Å². The molecule has 0 amide bonds. The second-order valence-corrected chi connectivity index (χ2v) is 13.0. The number of hydrogen-bond acceptors (Lipinski definition) is 4. The molecule has 2 aromatic rings. The van der Waals surface area contributed by atoms with Gasteiger partial charge in [-0.3, -0.25) is 0 Å². The van der Waals surface area contributed by atoms with E-state index >= 15 is 0 Å². The summed E-state index contributed by atoms with van der Waals surface area (Å²) < 4.78 is 6.33. The van der Waals surface area contributed by atoms with Crippen LogP contribution in [-0.4, -0.2) is 18.3 Å². The fourth-order valence-corrected chi connectivity index (χ4v) is 3.21. The van der Waals surface area contributed by atoms with Crippen molar-refractivity contribution in [3.05, 3.63) is 52.4 Å². The zero-order chi connectivity index (χ0) is 18.7. The monoisotopic (exact) mass is 377 g/mol. The molecule has 0 saturated carbocycles. The number of rotatable bonds is 6. The second-order valence-electron chi connectivity index (χ2n) is 7.87. The second kappa shape index (κ2) is 7.85. The summed E-state index contributed by atoms with van der Waals surface area (Å²) in [5.74, 6) is 0.724. The Labute approximate surface area is 157 Å². The summed E-state index contributed by atoms with van der Waals surface area (Å²) in [7, 11) is -1.74. The smallest absolute Gasteiger partial charge is 0.224 e. The van der Waals surface area contributed by atoms with Crippen molar-refractivity contribution in [1.82, 2.24) is 9.97 Å². The molecule has 0 aliphatic rings. The molecule has 0 aliphatic carbocycles. The van der Waals surface area contributed by atoms with E-state index in [1.165, 1.54) is 16.7 Å². The van der Waals surface area contributed by atoms with Crippen molar-refractivity contribution in [3.8, 4) is 0 Å². The predicted octanol–water partition coefficient (Wildman–Crippen LogP) is 5.57. The van der Waals surface area contributed by atoms with Gasteiger partial charge in [-0.1, -0.05) is 39.0 Å². The highest BCUT2D eigenvalue weighted by atomic mass is 35.5. The van der Waals surface area contributed by atoms with E-state index in [1.54, 1.807) is 6.20 Å². The maximum absolute atomic E-state index is 6.33. The van der Waals surface area contributed by atoms with E-state index in [-0.39, 0.29) is 10.3 Å². The quantitative estimate of drug-likeness (QED) is 0.527. The number of nitrogens with one attached hydrogen (secondary N) is 1. The Morgan fingerprint density at radius 3 is 2.56 bits per heavy atom. The van der Waals surface area contributed by atoms with Crippen molar-refractivity contribution in [3.63, 3.8) is 0 Å². The van der Waals surface area contributed by atoms with E-state index < -0.39 is 8.32 Å². The highest BCUT2D eigenvalue weighted by Gasteiger charge is 2.36. The number of halogens is 1. The Hall–Kier alpha value is -1.43. The molecule has 1 aromatic carbocycles. The van der Waals surface area contributed by atoms with Gasteiger partial charge in [0.15, 0.2) is 8.32 Å². The van der Waals surface area contributed by atoms with Gasteiger partial charge in [-0.25, -0.2) is 9.97 Å². The molecule has 136 valence electrons. The molecule has 0 fully saturated rings. The van der Waals surface area contributed by atoms with Crippen LogP contribution in [-0.2, 0) is 17.6 Å².